The molecule has 0 unspecified atom stereocenters. The first-order valence-corrected chi connectivity index (χ1v) is 13.5. The molecular formula is C28H35N7O2. The number of furan rings is 1. The van der Waals surface area contributed by atoms with E-state index >= 15 is 0 Å². The molecule has 9 nitrogen and oxygen atoms in total. The third kappa shape index (κ3) is 4.73. The van der Waals surface area contributed by atoms with Gasteiger partial charge in [0.15, 0.2) is 5.82 Å². The van der Waals surface area contributed by atoms with Crippen LogP contribution in [-0.2, 0) is 6.54 Å². The van der Waals surface area contributed by atoms with Gasteiger partial charge < -0.3 is 9.40 Å². The number of H-pyrrole nitrogens is 1. The molecule has 1 aliphatic heterocycles. The molecular weight excluding hydrogens is 466 g/mol. The van der Waals surface area contributed by atoms with E-state index in [1.807, 2.05) is 23.7 Å². The largest absolute Gasteiger partial charge is 0.468 e. The van der Waals surface area contributed by atoms with Gasteiger partial charge in [-0.05, 0) is 66.4 Å². The average Bonchev–Trinajstić information content (AvgIpc) is 3.61. The molecule has 2 aliphatic rings. The van der Waals surface area contributed by atoms with Gasteiger partial charge in [0.25, 0.3) is 5.56 Å². The van der Waals surface area contributed by atoms with E-state index in [-0.39, 0.29) is 17.6 Å². The molecule has 1 N–H and O–H groups in total. The Morgan fingerprint density at radius 2 is 1.84 bits per heavy atom. The highest BCUT2D eigenvalue weighted by Gasteiger charge is 2.34. The topological polar surface area (TPSA) is 96.1 Å². The van der Waals surface area contributed by atoms with Crippen molar-refractivity contribution in [2.45, 2.75) is 64.6 Å². The minimum absolute atomic E-state index is 0.0672. The Morgan fingerprint density at radius 3 is 2.59 bits per heavy atom. The molecule has 1 saturated heterocycles. The highest BCUT2D eigenvalue weighted by Crippen LogP contribution is 2.34. The van der Waals surface area contributed by atoms with Gasteiger partial charge >= 0.3 is 0 Å². The molecule has 0 spiro atoms. The number of tetrazole rings is 1. The second kappa shape index (κ2) is 10.2. The quantitative estimate of drug-likeness (QED) is 0.424. The predicted octanol–water partition coefficient (Wildman–Crippen LogP) is 4.14. The van der Waals surface area contributed by atoms with Crippen LogP contribution in [0.1, 0.15) is 72.5 Å². The zero-order valence-electron chi connectivity index (χ0n) is 21.7. The van der Waals surface area contributed by atoms with E-state index in [1.165, 1.54) is 19.3 Å². The summed E-state index contributed by atoms with van der Waals surface area (Å²) in [7, 11) is 0. The monoisotopic (exact) mass is 501 g/mol. The van der Waals surface area contributed by atoms with Crippen molar-refractivity contribution in [1.29, 1.82) is 0 Å². The molecule has 0 bridgehead atoms. The first kappa shape index (κ1) is 24.1. The van der Waals surface area contributed by atoms with E-state index in [9.17, 15) is 4.79 Å². The van der Waals surface area contributed by atoms with Gasteiger partial charge in [0, 0.05) is 37.1 Å². The average molecular weight is 502 g/mol. The van der Waals surface area contributed by atoms with Crippen molar-refractivity contribution >= 4 is 10.9 Å². The van der Waals surface area contributed by atoms with Gasteiger partial charge in [-0.1, -0.05) is 31.4 Å². The van der Waals surface area contributed by atoms with Crippen molar-refractivity contribution in [2.75, 3.05) is 26.2 Å². The Balaban J connectivity index is 1.39. The number of nitrogens with one attached hydrogen (secondary N) is 1. The van der Waals surface area contributed by atoms with Crippen LogP contribution in [0.3, 0.4) is 0 Å². The van der Waals surface area contributed by atoms with Crippen LogP contribution in [0.15, 0.2) is 45.8 Å². The third-order valence-electron chi connectivity index (χ3n) is 8.18. The van der Waals surface area contributed by atoms with E-state index in [4.69, 9.17) is 4.42 Å². The highest BCUT2D eigenvalue weighted by molar-refractivity contribution is 5.85. The number of aryl methyl sites for hydroxylation is 2. The Bertz CT molecular complexity index is 1410. The third-order valence-corrected chi connectivity index (χ3v) is 8.18. The first-order valence-electron chi connectivity index (χ1n) is 13.5. The minimum atomic E-state index is -0.309. The van der Waals surface area contributed by atoms with Gasteiger partial charge in [-0.3, -0.25) is 14.6 Å². The lowest BCUT2D eigenvalue weighted by molar-refractivity contribution is 0.0937. The lowest BCUT2D eigenvalue weighted by atomic mass is 9.94. The summed E-state index contributed by atoms with van der Waals surface area (Å²) in [5, 5.41) is 14.2. The van der Waals surface area contributed by atoms with E-state index in [2.05, 4.69) is 55.4 Å². The van der Waals surface area contributed by atoms with Crippen molar-refractivity contribution in [3.63, 3.8) is 0 Å². The van der Waals surface area contributed by atoms with Crippen molar-refractivity contribution < 1.29 is 4.42 Å². The molecule has 4 aromatic rings. The summed E-state index contributed by atoms with van der Waals surface area (Å²) in [6.07, 6.45) is 7.52. The molecule has 1 saturated carbocycles. The van der Waals surface area contributed by atoms with Crippen molar-refractivity contribution in [3.05, 3.63) is 75.2 Å². The Hall–Kier alpha value is -3.30. The number of fused-ring (bicyclic) bond motifs is 1. The standard InChI is InChI=1S/C28H35N7O2/c1-19-10-11-20(2)25-23(19)17-24(28(36)29-25)26(27-30-31-32-35(27)21-7-4-3-5-8-21)34-14-12-33(13-15-34)18-22-9-6-16-37-22/h6,9-11,16-17,21,26H,3-5,7-8,12-15,18H2,1-2H3,(H,29,36)/t26-/m0/s1. The van der Waals surface area contributed by atoms with Gasteiger partial charge in [-0.15, -0.1) is 5.10 Å². The fourth-order valence-electron chi connectivity index (χ4n) is 6.06. The van der Waals surface area contributed by atoms with Crippen molar-refractivity contribution in [2.24, 2.45) is 0 Å². The van der Waals surface area contributed by atoms with Crippen molar-refractivity contribution in [1.82, 2.24) is 35.0 Å². The summed E-state index contributed by atoms with van der Waals surface area (Å²) in [6.45, 7) is 8.31. The summed E-state index contributed by atoms with van der Waals surface area (Å²) in [5.41, 5.74) is 3.77. The van der Waals surface area contributed by atoms with E-state index in [1.54, 1.807) is 6.26 Å². The van der Waals surface area contributed by atoms with Crippen LogP contribution >= 0.6 is 0 Å². The lowest BCUT2D eigenvalue weighted by Crippen LogP contribution is -2.48. The van der Waals surface area contributed by atoms with Gasteiger partial charge in [0.05, 0.1) is 24.4 Å². The summed E-state index contributed by atoms with van der Waals surface area (Å²) >= 11 is 0. The van der Waals surface area contributed by atoms with Gasteiger partial charge in [-0.25, -0.2) is 4.68 Å². The summed E-state index contributed by atoms with van der Waals surface area (Å²) in [5.74, 6) is 1.75. The fraction of sp³-hybridized carbons (Fsp3) is 0.500. The summed E-state index contributed by atoms with van der Waals surface area (Å²) in [6, 6.07) is 10.2. The van der Waals surface area contributed by atoms with Gasteiger partial charge in [0.2, 0.25) is 0 Å². The predicted molar refractivity (Wildman–Crippen MR) is 141 cm³/mol. The van der Waals surface area contributed by atoms with Crippen molar-refractivity contribution in [3.8, 4) is 0 Å². The van der Waals surface area contributed by atoms with Crippen LogP contribution in [0.25, 0.3) is 10.9 Å². The molecule has 6 rings (SSSR count). The second-order valence-electron chi connectivity index (χ2n) is 10.6. The zero-order chi connectivity index (χ0) is 25.4. The van der Waals surface area contributed by atoms with Gasteiger partial charge in [0.1, 0.15) is 11.8 Å². The fourth-order valence-corrected chi connectivity index (χ4v) is 6.06. The summed E-state index contributed by atoms with van der Waals surface area (Å²) in [4.78, 5) is 21.6. The molecule has 1 aromatic carbocycles. The maximum Gasteiger partial charge on any atom is 0.253 e. The molecule has 194 valence electrons. The normalized spacial score (nSPS) is 19.0. The summed E-state index contributed by atoms with van der Waals surface area (Å²) < 4.78 is 7.59. The number of pyridine rings is 1. The number of nitrogens with zero attached hydrogens (tertiary/aromatic N) is 6. The van der Waals surface area contributed by atoms with Crippen LogP contribution in [0, 0.1) is 13.8 Å². The molecule has 4 heterocycles. The van der Waals surface area contributed by atoms with Crippen LogP contribution < -0.4 is 5.56 Å². The van der Waals surface area contributed by atoms with Gasteiger partial charge in [-0.2, -0.15) is 0 Å². The van der Waals surface area contributed by atoms with E-state index in [0.29, 0.717) is 5.56 Å². The number of piperazine rings is 1. The Kier molecular flexibility index (Phi) is 6.65. The molecule has 0 amide bonds. The highest BCUT2D eigenvalue weighted by atomic mass is 16.3. The molecule has 9 heteroatoms. The van der Waals surface area contributed by atoms with E-state index < -0.39 is 0 Å². The van der Waals surface area contributed by atoms with Crippen LogP contribution in [-0.4, -0.2) is 61.2 Å². The number of benzene rings is 1. The molecule has 3 aromatic heterocycles. The first-order chi connectivity index (χ1) is 18.1. The smallest absolute Gasteiger partial charge is 0.253 e. The zero-order valence-corrected chi connectivity index (χ0v) is 21.7. The lowest BCUT2D eigenvalue weighted by Gasteiger charge is -2.38. The molecule has 0 radical (unpaired) electrons. The minimum Gasteiger partial charge on any atom is -0.468 e. The maximum absolute atomic E-state index is 13.7. The second-order valence-corrected chi connectivity index (χ2v) is 10.6. The number of aromatic amines is 1. The SMILES string of the molecule is Cc1ccc(C)c2[nH]c(=O)c([C@@H](c3nnnn3C3CCCCC3)N3CCN(Cc4ccco4)CC3)cc12. The molecule has 1 atom stereocenters. The number of rotatable bonds is 6. The van der Waals surface area contributed by atoms with E-state index in [0.717, 1.165) is 79.2 Å². The molecule has 37 heavy (non-hydrogen) atoms. The number of hydrogen-bond donors (Lipinski definition) is 1. The van der Waals surface area contributed by atoms with Crippen LogP contribution in [0.2, 0.25) is 0 Å². The molecule has 1 aliphatic carbocycles. The van der Waals surface area contributed by atoms with Crippen LogP contribution in [0.5, 0.6) is 0 Å². The Morgan fingerprint density at radius 1 is 1.05 bits per heavy atom. The maximum atomic E-state index is 13.7. The molecule has 2 fully saturated rings. The number of hydrogen-bond acceptors (Lipinski definition) is 7. The Labute approximate surface area is 216 Å². The van der Waals surface area contributed by atoms with Crippen LogP contribution in [0.4, 0.5) is 0 Å². The number of aromatic nitrogens is 5.